The molecule has 0 amide bonds. The van der Waals surface area contributed by atoms with Crippen LogP contribution in [0.2, 0.25) is 0 Å². The second kappa shape index (κ2) is 9.13. The quantitative estimate of drug-likeness (QED) is 0.617. The van der Waals surface area contributed by atoms with Gasteiger partial charge in [-0.3, -0.25) is 9.36 Å². The maximum absolute atomic E-state index is 14.2. The van der Waals surface area contributed by atoms with Crippen LogP contribution in [0, 0.1) is 18.6 Å². The molecule has 0 aliphatic heterocycles. The largest absolute Gasteiger partial charge is 0.351 e. The van der Waals surface area contributed by atoms with E-state index in [1.807, 2.05) is 13.8 Å². The second-order valence-electron chi connectivity index (χ2n) is 9.31. The summed E-state index contributed by atoms with van der Waals surface area (Å²) in [7, 11) is 4.22. The first-order valence-corrected chi connectivity index (χ1v) is 11.3. The van der Waals surface area contributed by atoms with E-state index in [0.29, 0.717) is 23.2 Å². The molecule has 0 saturated heterocycles. The average Bonchev–Trinajstić information content (AvgIpc) is 2.76. The maximum Gasteiger partial charge on any atom is 0.278 e. The van der Waals surface area contributed by atoms with E-state index in [4.69, 9.17) is 0 Å². The fourth-order valence-electron chi connectivity index (χ4n) is 4.44. The molecule has 1 fully saturated rings. The van der Waals surface area contributed by atoms with Gasteiger partial charge in [-0.15, -0.1) is 0 Å². The number of halogens is 2. The molecule has 0 unspecified atom stereocenters. The molecule has 2 aromatic heterocycles. The Morgan fingerprint density at radius 2 is 1.73 bits per heavy atom. The van der Waals surface area contributed by atoms with Crippen molar-refractivity contribution in [2.24, 2.45) is 0 Å². The van der Waals surface area contributed by atoms with Crippen LogP contribution in [0.15, 0.2) is 23.1 Å². The lowest BCUT2D eigenvalue weighted by Gasteiger charge is -2.32. The van der Waals surface area contributed by atoms with Crippen molar-refractivity contribution >= 4 is 17.1 Å². The summed E-state index contributed by atoms with van der Waals surface area (Å²) in [6.07, 6.45) is 5.79. The lowest BCUT2D eigenvalue weighted by atomic mass is 9.91. The average molecular weight is 457 g/mol. The van der Waals surface area contributed by atoms with Crippen molar-refractivity contribution in [3.63, 3.8) is 0 Å². The van der Waals surface area contributed by atoms with Gasteiger partial charge in [-0.1, -0.05) is 0 Å². The minimum Gasteiger partial charge on any atom is -0.351 e. The highest BCUT2D eigenvalue weighted by atomic mass is 19.1. The smallest absolute Gasteiger partial charge is 0.278 e. The fourth-order valence-corrected chi connectivity index (χ4v) is 4.44. The molecule has 1 N–H and O–H groups in total. The van der Waals surface area contributed by atoms with Crippen LogP contribution in [0.4, 0.5) is 14.7 Å². The van der Waals surface area contributed by atoms with Gasteiger partial charge in [-0.05, 0) is 72.7 Å². The molecular formula is C24H30F2N6O. The molecule has 0 radical (unpaired) electrons. The number of benzene rings is 1. The van der Waals surface area contributed by atoms with Gasteiger partial charge in [0.2, 0.25) is 5.95 Å². The summed E-state index contributed by atoms with van der Waals surface area (Å²) in [4.78, 5) is 29.0. The SMILES string of the molecule is Cc1c(F)cc(-c2nc3cnc(NC4CCC(N(C)C)CC4)nc3n(C(C)C)c2=O)cc1F. The van der Waals surface area contributed by atoms with Gasteiger partial charge in [0, 0.05) is 29.3 Å². The molecule has 9 heteroatoms. The van der Waals surface area contributed by atoms with E-state index < -0.39 is 17.2 Å². The molecule has 176 valence electrons. The van der Waals surface area contributed by atoms with E-state index in [2.05, 4.69) is 39.3 Å². The van der Waals surface area contributed by atoms with Gasteiger partial charge in [0.05, 0.1) is 6.20 Å². The van der Waals surface area contributed by atoms with Gasteiger partial charge in [0.1, 0.15) is 22.8 Å². The normalized spacial score (nSPS) is 18.9. The summed E-state index contributed by atoms with van der Waals surface area (Å²) in [6, 6.07) is 2.90. The van der Waals surface area contributed by atoms with Crippen molar-refractivity contribution in [1.29, 1.82) is 0 Å². The van der Waals surface area contributed by atoms with Gasteiger partial charge in [-0.2, -0.15) is 4.98 Å². The molecule has 4 rings (SSSR count). The van der Waals surface area contributed by atoms with Crippen LogP contribution in [0.5, 0.6) is 0 Å². The lowest BCUT2D eigenvalue weighted by molar-refractivity contribution is 0.221. The Hall–Kier alpha value is -2.94. The monoisotopic (exact) mass is 456 g/mol. The Labute approximate surface area is 191 Å². The molecule has 7 nitrogen and oxygen atoms in total. The number of rotatable bonds is 5. The predicted molar refractivity (Wildman–Crippen MR) is 125 cm³/mol. The van der Waals surface area contributed by atoms with Gasteiger partial charge >= 0.3 is 0 Å². The van der Waals surface area contributed by atoms with E-state index >= 15 is 0 Å². The first-order valence-electron chi connectivity index (χ1n) is 11.3. The molecule has 1 saturated carbocycles. The van der Waals surface area contributed by atoms with Crippen molar-refractivity contribution < 1.29 is 8.78 Å². The van der Waals surface area contributed by atoms with Gasteiger partial charge < -0.3 is 10.2 Å². The standard InChI is InChI=1S/C24H30F2N6O/c1-13(2)32-22-20(29-21(23(32)33)15-10-18(25)14(3)19(26)11-15)12-27-24(30-22)28-16-6-8-17(9-7-16)31(4)5/h10-13,16-17H,6-9H2,1-5H3,(H,27,28,30). The van der Waals surface area contributed by atoms with Crippen LogP contribution in [0.3, 0.4) is 0 Å². The lowest BCUT2D eigenvalue weighted by Crippen LogP contribution is -2.36. The fraction of sp³-hybridized carbons (Fsp3) is 0.500. The van der Waals surface area contributed by atoms with Crippen molar-refractivity contribution in [3.8, 4) is 11.3 Å². The topological polar surface area (TPSA) is 75.9 Å². The Morgan fingerprint density at radius 1 is 1.09 bits per heavy atom. The van der Waals surface area contributed by atoms with E-state index in [0.717, 1.165) is 37.8 Å². The Kier molecular flexibility index (Phi) is 6.43. The third-order valence-electron chi connectivity index (χ3n) is 6.46. The highest BCUT2D eigenvalue weighted by Crippen LogP contribution is 2.26. The number of anilines is 1. The number of aromatic nitrogens is 4. The summed E-state index contributed by atoms with van der Waals surface area (Å²) in [5.41, 5.74) is 0.309. The number of hydrogen-bond donors (Lipinski definition) is 1. The third-order valence-corrected chi connectivity index (χ3v) is 6.46. The number of nitrogens with zero attached hydrogens (tertiary/aromatic N) is 5. The molecule has 1 aliphatic carbocycles. The molecule has 0 bridgehead atoms. The summed E-state index contributed by atoms with van der Waals surface area (Å²) >= 11 is 0. The molecule has 33 heavy (non-hydrogen) atoms. The van der Waals surface area contributed by atoms with E-state index in [-0.39, 0.29) is 28.9 Å². The van der Waals surface area contributed by atoms with Crippen LogP contribution < -0.4 is 10.9 Å². The van der Waals surface area contributed by atoms with Gasteiger partial charge in [0.15, 0.2) is 5.65 Å². The van der Waals surface area contributed by atoms with Crippen molar-refractivity contribution in [3.05, 3.63) is 45.9 Å². The summed E-state index contributed by atoms with van der Waals surface area (Å²) in [5.74, 6) is -0.990. The highest BCUT2D eigenvalue weighted by Gasteiger charge is 2.24. The third kappa shape index (κ3) is 4.59. The molecule has 0 spiro atoms. The molecule has 1 aliphatic rings. The Bertz CT molecular complexity index is 1210. The predicted octanol–water partition coefficient (Wildman–Crippen LogP) is 4.31. The van der Waals surface area contributed by atoms with Crippen LogP contribution in [-0.4, -0.2) is 50.6 Å². The number of fused-ring (bicyclic) bond motifs is 1. The van der Waals surface area contributed by atoms with Gasteiger partial charge in [0.25, 0.3) is 5.56 Å². The zero-order valence-electron chi connectivity index (χ0n) is 19.7. The van der Waals surface area contributed by atoms with Crippen molar-refractivity contribution in [2.45, 2.75) is 64.6 Å². The van der Waals surface area contributed by atoms with E-state index in [1.54, 1.807) is 6.20 Å². The van der Waals surface area contributed by atoms with Crippen LogP contribution in [0.1, 0.15) is 51.1 Å². The molecule has 1 aromatic carbocycles. The molecule has 2 heterocycles. The van der Waals surface area contributed by atoms with Crippen molar-refractivity contribution in [1.82, 2.24) is 24.4 Å². The van der Waals surface area contributed by atoms with E-state index in [9.17, 15) is 13.6 Å². The van der Waals surface area contributed by atoms with Crippen LogP contribution in [-0.2, 0) is 0 Å². The number of hydrogen-bond acceptors (Lipinski definition) is 6. The maximum atomic E-state index is 14.2. The Morgan fingerprint density at radius 3 is 2.30 bits per heavy atom. The molecular weight excluding hydrogens is 426 g/mol. The Balaban J connectivity index is 1.72. The van der Waals surface area contributed by atoms with Crippen molar-refractivity contribution in [2.75, 3.05) is 19.4 Å². The van der Waals surface area contributed by atoms with Gasteiger partial charge in [-0.25, -0.2) is 18.7 Å². The van der Waals surface area contributed by atoms with Crippen LogP contribution >= 0.6 is 0 Å². The minimum atomic E-state index is -0.720. The zero-order chi connectivity index (χ0) is 23.9. The summed E-state index contributed by atoms with van der Waals surface area (Å²) in [6.45, 7) is 5.07. The first-order chi connectivity index (χ1) is 15.7. The van der Waals surface area contributed by atoms with E-state index in [1.165, 1.54) is 11.5 Å². The first kappa shape index (κ1) is 23.2. The minimum absolute atomic E-state index is 0.0275. The van der Waals surface area contributed by atoms with Crippen LogP contribution in [0.25, 0.3) is 22.4 Å². The molecule has 3 aromatic rings. The molecule has 0 atom stereocenters. The number of nitrogens with one attached hydrogen (secondary N) is 1. The summed E-state index contributed by atoms with van der Waals surface area (Å²) < 4.78 is 29.8. The second-order valence-corrected chi connectivity index (χ2v) is 9.31. The zero-order valence-corrected chi connectivity index (χ0v) is 19.7. The highest BCUT2D eigenvalue weighted by molar-refractivity contribution is 5.75. The summed E-state index contributed by atoms with van der Waals surface area (Å²) in [5, 5.41) is 3.40.